The molecule has 2 heterocycles. The van der Waals surface area contributed by atoms with Gasteiger partial charge in [0, 0.05) is 30.5 Å². The Morgan fingerprint density at radius 2 is 1.74 bits per heavy atom. The number of nitrogens with zero attached hydrogens (tertiary/aromatic N) is 4. The van der Waals surface area contributed by atoms with E-state index in [1.54, 1.807) is 12.4 Å². The lowest BCUT2D eigenvalue weighted by Gasteiger charge is -2.21. The molecule has 4 aromatic rings. The third-order valence-corrected chi connectivity index (χ3v) is 4.54. The molecule has 2 aromatic carbocycles. The number of pyridine rings is 1. The van der Waals surface area contributed by atoms with E-state index in [-0.39, 0.29) is 5.62 Å². The van der Waals surface area contributed by atoms with Crippen LogP contribution >= 0.6 is 0 Å². The molecule has 27 heavy (non-hydrogen) atoms. The summed E-state index contributed by atoms with van der Waals surface area (Å²) >= 11 is 0. The maximum Gasteiger partial charge on any atom is 0.229 e. The fourth-order valence-corrected chi connectivity index (χ4v) is 3.15. The van der Waals surface area contributed by atoms with E-state index < -0.39 is 0 Å². The third-order valence-electron chi connectivity index (χ3n) is 4.54. The highest BCUT2D eigenvalue weighted by Crippen LogP contribution is 2.30. The Morgan fingerprint density at radius 3 is 2.52 bits per heavy atom. The summed E-state index contributed by atoms with van der Waals surface area (Å²) in [5.41, 5.74) is 3.95. The number of benzene rings is 2. The van der Waals surface area contributed by atoms with Gasteiger partial charge in [-0.3, -0.25) is 20.4 Å². The first-order chi connectivity index (χ1) is 13.2. The minimum Gasteiger partial charge on any atom is -0.329 e. The summed E-state index contributed by atoms with van der Waals surface area (Å²) in [4.78, 5) is 10.5. The van der Waals surface area contributed by atoms with Crippen molar-refractivity contribution in [1.29, 1.82) is 10.8 Å². The van der Waals surface area contributed by atoms with Gasteiger partial charge in [0.25, 0.3) is 0 Å². The van der Waals surface area contributed by atoms with Crippen LogP contribution in [0.15, 0.2) is 73.1 Å². The number of nitrogens with one attached hydrogen (secondary N) is 2. The smallest absolute Gasteiger partial charge is 0.229 e. The fraction of sp³-hybridized carbons (Fsp3) is 0.0476. The monoisotopic (exact) mass is 354 g/mol. The molecule has 0 aliphatic heterocycles. The lowest BCUT2D eigenvalue weighted by Crippen LogP contribution is -2.26. The molecule has 0 aliphatic carbocycles. The van der Waals surface area contributed by atoms with E-state index in [0.29, 0.717) is 5.82 Å². The number of para-hydroxylation sites is 1. The Bertz CT molecular complexity index is 1180. The molecule has 0 bridgehead atoms. The van der Waals surface area contributed by atoms with Gasteiger partial charge in [-0.15, -0.1) is 0 Å². The van der Waals surface area contributed by atoms with Gasteiger partial charge < -0.3 is 4.90 Å². The normalized spacial score (nSPS) is 10.7. The summed E-state index contributed by atoms with van der Waals surface area (Å²) in [6.45, 7) is 0. The zero-order valence-corrected chi connectivity index (χ0v) is 14.8. The highest BCUT2D eigenvalue weighted by Gasteiger charge is 2.13. The van der Waals surface area contributed by atoms with Gasteiger partial charge in [0.15, 0.2) is 0 Å². The number of hydrogen-bond acceptors (Lipinski definition) is 5. The Hall–Kier alpha value is -3.80. The minimum atomic E-state index is 0.0239. The van der Waals surface area contributed by atoms with Crippen molar-refractivity contribution in [3.05, 3.63) is 78.7 Å². The van der Waals surface area contributed by atoms with Crippen LogP contribution in [0.2, 0.25) is 0 Å². The molecular weight excluding hydrogens is 336 g/mol. The summed E-state index contributed by atoms with van der Waals surface area (Å²) in [6, 6.07) is 19.8. The number of fused-ring (bicyclic) bond motifs is 1. The van der Waals surface area contributed by atoms with Crippen LogP contribution in [0.25, 0.3) is 22.0 Å². The zero-order valence-electron chi connectivity index (χ0n) is 14.8. The van der Waals surface area contributed by atoms with E-state index in [1.165, 1.54) is 4.57 Å². The molecule has 0 amide bonds. The number of aromatic nitrogens is 3. The Balaban J connectivity index is 1.86. The molecule has 0 fully saturated rings. The number of anilines is 2. The molecule has 132 valence electrons. The third kappa shape index (κ3) is 2.97. The van der Waals surface area contributed by atoms with Gasteiger partial charge in [-0.05, 0) is 47.5 Å². The largest absolute Gasteiger partial charge is 0.329 e. The van der Waals surface area contributed by atoms with Crippen LogP contribution in [0.3, 0.4) is 0 Å². The lowest BCUT2D eigenvalue weighted by atomic mass is 10.1. The van der Waals surface area contributed by atoms with Crippen molar-refractivity contribution in [2.45, 2.75) is 0 Å². The predicted molar refractivity (Wildman–Crippen MR) is 108 cm³/mol. The van der Waals surface area contributed by atoms with Gasteiger partial charge in [-0.1, -0.05) is 24.3 Å². The molecule has 0 aliphatic rings. The van der Waals surface area contributed by atoms with Crippen molar-refractivity contribution in [1.82, 2.24) is 14.5 Å². The molecule has 2 aromatic heterocycles. The van der Waals surface area contributed by atoms with Gasteiger partial charge in [0.05, 0.1) is 11.9 Å². The summed E-state index contributed by atoms with van der Waals surface area (Å²) in [5.74, 6) is 0.681. The van der Waals surface area contributed by atoms with Crippen LogP contribution in [0.4, 0.5) is 11.5 Å². The van der Waals surface area contributed by atoms with Gasteiger partial charge >= 0.3 is 0 Å². The highest BCUT2D eigenvalue weighted by atomic mass is 15.2. The molecule has 0 saturated carbocycles. The first-order valence-corrected chi connectivity index (χ1v) is 8.49. The molecular formula is C21H18N6. The first-order valence-electron chi connectivity index (χ1n) is 8.49. The molecule has 0 unspecified atom stereocenters. The quantitative estimate of drug-likeness (QED) is 0.432. The summed E-state index contributed by atoms with van der Waals surface area (Å²) < 4.78 is 1.46. The predicted octanol–water partition coefficient (Wildman–Crippen LogP) is 3.80. The summed E-state index contributed by atoms with van der Waals surface area (Å²) in [7, 11) is 1.94. The van der Waals surface area contributed by atoms with Crippen molar-refractivity contribution < 1.29 is 0 Å². The standard InChI is InChI=1S/C21H18N6/c1-26(17-6-4-5-16(13-17)15-9-11-24-12-10-15)20-18-7-2-3-8-19(18)27(14-22)21(23)25-20/h2-14,22-23H,1H3. The molecule has 4 rings (SSSR count). The van der Waals surface area contributed by atoms with Gasteiger partial charge in [-0.25, -0.2) is 0 Å². The first kappa shape index (κ1) is 16.7. The Kier molecular flexibility index (Phi) is 4.22. The van der Waals surface area contributed by atoms with Crippen molar-refractivity contribution in [3.8, 4) is 11.1 Å². The van der Waals surface area contributed by atoms with E-state index in [2.05, 4.69) is 22.1 Å². The van der Waals surface area contributed by atoms with Crippen LogP contribution in [-0.4, -0.2) is 27.9 Å². The molecule has 2 N–H and O–H groups in total. The SMILES string of the molecule is CN(c1cccc(-c2ccncc2)c1)c1nc(=N)n(C=N)c2ccccc12. The van der Waals surface area contributed by atoms with E-state index in [9.17, 15) is 0 Å². The second kappa shape index (κ2) is 6.84. The van der Waals surface area contributed by atoms with Crippen LogP contribution in [0, 0.1) is 10.8 Å². The average molecular weight is 354 g/mol. The van der Waals surface area contributed by atoms with Gasteiger partial charge in [-0.2, -0.15) is 4.98 Å². The Morgan fingerprint density at radius 1 is 0.963 bits per heavy atom. The molecule has 6 nitrogen and oxygen atoms in total. The average Bonchev–Trinajstić information content (AvgIpc) is 2.73. The molecule has 0 saturated heterocycles. The van der Waals surface area contributed by atoms with Gasteiger partial charge in [0.1, 0.15) is 5.82 Å². The fourth-order valence-electron chi connectivity index (χ4n) is 3.15. The van der Waals surface area contributed by atoms with E-state index >= 15 is 0 Å². The van der Waals surface area contributed by atoms with Crippen molar-refractivity contribution >= 4 is 28.7 Å². The number of rotatable bonds is 4. The summed E-state index contributed by atoms with van der Waals surface area (Å²) in [5, 5.41) is 16.7. The zero-order chi connectivity index (χ0) is 18.8. The Labute approximate surface area is 156 Å². The maximum atomic E-state index is 8.19. The molecule has 0 spiro atoms. The van der Waals surface area contributed by atoms with Crippen molar-refractivity contribution in [2.24, 2.45) is 0 Å². The number of hydrogen-bond donors (Lipinski definition) is 2. The van der Waals surface area contributed by atoms with Crippen LogP contribution in [0.1, 0.15) is 0 Å². The van der Waals surface area contributed by atoms with Gasteiger partial charge in [0.2, 0.25) is 5.62 Å². The van der Waals surface area contributed by atoms with E-state index in [0.717, 1.165) is 34.1 Å². The highest BCUT2D eigenvalue weighted by molar-refractivity contribution is 5.94. The van der Waals surface area contributed by atoms with Crippen LogP contribution in [-0.2, 0) is 0 Å². The van der Waals surface area contributed by atoms with E-state index in [4.69, 9.17) is 10.8 Å². The second-order valence-corrected chi connectivity index (χ2v) is 6.12. The van der Waals surface area contributed by atoms with Crippen molar-refractivity contribution in [3.63, 3.8) is 0 Å². The minimum absolute atomic E-state index is 0.0239. The second-order valence-electron chi connectivity index (χ2n) is 6.12. The molecule has 0 radical (unpaired) electrons. The molecule has 6 heteroatoms. The van der Waals surface area contributed by atoms with E-state index in [1.807, 2.05) is 60.5 Å². The lowest BCUT2D eigenvalue weighted by molar-refractivity contribution is 0.915. The van der Waals surface area contributed by atoms with Crippen molar-refractivity contribution in [2.75, 3.05) is 11.9 Å². The summed E-state index contributed by atoms with van der Waals surface area (Å²) in [6.07, 6.45) is 4.67. The van der Waals surface area contributed by atoms with Crippen LogP contribution < -0.4 is 10.5 Å². The van der Waals surface area contributed by atoms with Crippen LogP contribution in [0.5, 0.6) is 0 Å². The topological polar surface area (TPSA) is 81.7 Å². The maximum absolute atomic E-state index is 8.19. The molecule has 0 atom stereocenters.